The normalized spacial score (nSPS) is 16.9. The van der Waals surface area contributed by atoms with E-state index in [1.807, 2.05) is 0 Å². The van der Waals surface area contributed by atoms with Crippen LogP contribution in [0.3, 0.4) is 0 Å². The summed E-state index contributed by atoms with van der Waals surface area (Å²) in [4.78, 5) is 14.0. The molecule has 8 heteroatoms. The third-order valence-corrected chi connectivity index (χ3v) is 4.45. The smallest absolute Gasteiger partial charge is 0.275 e. The third kappa shape index (κ3) is 5.26. The summed E-state index contributed by atoms with van der Waals surface area (Å²) in [6.45, 7) is 1.22. The van der Waals surface area contributed by atoms with E-state index in [2.05, 4.69) is 5.16 Å². The molecule has 0 N–H and O–H groups in total. The van der Waals surface area contributed by atoms with E-state index in [1.54, 1.807) is 11.9 Å². The Balaban J connectivity index is 1.50. The van der Waals surface area contributed by atoms with Crippen molar-refractivity contribution in [2.24, 2.45) is 0 Å². The number of hydrogen-bond donors (Lipinski definition) is 0. The van der Waals surface area contributed by atoms with Gasteiger partial charge in [-0.05, 0) is 37.8 Å². The van der Waals surface area contributed by atoms with E-state index in [9.17, 15) is 13.6 Å². The lowest BCUT2D eigenvalue weighted by atomic mass is 10.1. The predicted molar refractivity (Wildman–Crippen MR) is 92.4 cm³/mol. The standard InChI is InChI=1S/C19H22F2N2O4/c1-23(8-7-14-4-2-3-9-25-14)19(24)17-11-15(27-22-17)12-26-18-6-5-13(20)10-16(18)21/h5-6,10-11,14H,2-4,7-9,12H2,1H3/t14-/m1/s1. The van der Waals surface area contributed by atoms with Crippen molar-refractivity contribution in [2.45, 2.75) is 38.4 Å². The van der Waals surface area contributed by atoms with Crippen LogP contribution < -0.4 is 4.74 Å². The van der Waals surface area contributed by atoms with Gasteiger partial charge < -0.3 is 18.9 Å². The van der Waals surface area contributed by atoms with Gasteiger partial charge in [0.1, 0.15) is 12.4 Å². The molecule has 27 heavy (non-hydrogen) atoms. The molecule has 0 saturated carbocycles. The summed E-state index contributed by atoms with van der Waals surface area (Å²) in [6.07, 6.45) is 4.24. The van der Waals surface area contributed by atoms with Gasteiger partial charge in [-0.1, -0.05) is 5.16 Å². The number of hydrogen-bond acceptors (Lipinski definition) is 5. The molecule has 3 rings (SSSR count). The highest BCUT2D eigenvalue weighted by molar-refractivity contribution is 5.92. The van der Waals surface area contributed by atoms with Crippen molar-refractivity contribution in [2.75, 3.05) is 20.2 Å². The zero-order chi connectivity index (χ0) is 19.2. The van der Waals surface area contributed by atoms with Gasteiger partial charge in [0.05, 0.1) is 6.10 Å². The minimum Gasteiger partial charge on any atom is -0.482 e. The first-order valence-corrected chi connectivity index (χ1v) is 8.93. The monoisotopic (exact) mass is 380 g/mol. The van der Waals surface area contributed by atoms with Crippen LogP contribution in [-0.4, -0.2) is 42.3 Å². The molecule has 1 amide bonds. The molecule has 1 fully saturated rings. The summed E-state index contributed by atoms with van der Waals surface area (Å²) in [7, 11) is 1.70. The summed E-state index contributed by atoms with van der Waals surface area (Å²) in [5, 5.41) is 3.75. The van der Waals surface area contributed by atoms with E-state index < -0.39 is 11.6 Å². The molecule has 1 aliphatic heterocycles. The molecule has 0 unspecified atom stereocenters. The van der Waals surface area contributed by atoms with E-state index in [4.69, 9.17) is 14.0 Å². The highest BCUT2D eigenvalue weighted by Crippen LogP contribution is 2.20. The average molecular weight is 380 g/mol. The first-order chi connectivity index (χ1) is 13.0. The summed E-state index contributed by atoms with van der Waals surface area (Å²) in [5.74, 6) is -1.60. The van der Waals surface area contributed by atoms with Gasteiger partial charge in [0.15, 0.2) is 23.0 Å². The number of ether oxygens (including phenoxy) is 2. The Kier molecular flexibility index (Phi) is 6.39. The lowest BCUT2D eigenvalue weighted by Gasteiger charge is -2.24. The van der Waals surface area contributed by atoms with Crippen LogP contribution in [0, 0.1) is 11.6 Å². The molecular formula is C19H22F2N2O4. The second-order valence-corrected chi connectivity index (χ2v) is 6.55. The van der Waals surface area contributed by atoms with Crippen molar-refractivity contribution < 1.29 is 27.6 Å². The first-order valence-electron chi connectivity index (χ1n) is 8.93. The van der Waals surface area contributed by atoms with E-state index in [-0.39, 0.29) is 35.8 Å². The maximum atomic E-state index is 13.5. The van der Waals surface area contributed by atoms with Gasteiger partial charge in [0.25, 0.3) is 5.91 Å². The van der Waals surface area contributed by atoms with Crippen LogP contribution in [0.15, 0.2) is 28.8 Å². The number of benzene rings is 1. The van der Waals surface area contributed by atoms with Crippen molar-refractivity contribution in [3.63, 3.8) is 0 Å². The number of carbonyl (C=O) groups excluding carboxylic acids is 1. The maximum absolute atomic E-state index is 13.5. The van der Waals surface area contributed by atoms with Crippen LogP contribution in [0.4, 0.5) is 8.78 Å². The van der Waals surface area contributed by atoms with Gasteiger partial charge in [0.2, 0.25) is 0 Å². The van der Waals surface area contributed by atoms with Gasteiger partial charge in [-0.2, -0.15) is 0 Å². The number of rotatable bonds is 7. The Morgan fingerprint density at radius 3 is 2.93 bits per heavy atom. The summed E-state index contributed by atoms with van der Waals surface area (Å²) < 4.78 is 42.4. The van der Waals surface area contributed by atoms with Crippen molar-refractivity contribution in [1.29, 1.82) is 0 Å². The number of amides is 1. The minimum absolute atomic E-state index is 0.106. The molecule has 146 valence electrons. The molecule has 2 aromatic rings. The second kappa shape index (κ2) is 8.94. The van der Waals surface area contributed by atoms with Crippen molar-refractivity contribution in [3.05, 3.63) is 47.4 Å². The van der Waals surface area contributed by atoms with Gasteiger partial charge in [-0.3, -0.25) is 4.79 Å². The molecule has 0 spiro atoms. The van der Waals surface area contributed by atoms with Gasteiger partial charge in [-0.15, -0.1) is 0 Å². The Bertz CT molecular complexity index is 775. The maximum Gasteiger partial charge on any atom is 0.275 e. The number of carbonyl (C=O) groups is 1. The van der Waals surface area contributed by atoms with Crippen LogP contribution in [0.5, 0.6) is 5.75 Å². The van der Waals surface area contributed by atoms with Crippen LogP contribution in [-0.2, 0) is 11.3 Å². The van der Waals surface area contributed by atoms with Crippen LogP contribution in [0.2, 0.25) is 0 Å². The summed E-state index contributed by atoms with van der Waals surface area (Å²) in [5.41, 5.74) is 0.153. The summed E-state index contributed by atoms with van der Waals surface area (Å²) >= 11 is 0. The average Bonchev–Trinajstić information content (AvgIpc) is 3.14. The Hall–Kier alpha value is -2.48. The Labute approximate surface area is 156 Å². The molecular weight excluding hydrogens is 358 g/mol. The molecule has 6 nitrogen and oxygen atoms in total. The van der Waals surface area contributed by atoms with Crippen molar-refractivity contribution in [1.82, 2.24) is 10.1 Å². The Morgan fingerprint density at radius 2 is 2.19 bits per heavy atom. The molecule has 1 aromatic heterocycles. The fraction of sp³-hybridized carbons (Fsp3) is 0.474. The zero-order valence-electron chi connectivity index (χ0n) is 15.1. The lowest BCUT2D eigenvalue weighted by Crippen LogP contribution is -2.31. The van der Waals surface area contributed by atoms with Gasteiger partial charge in [0, 0.05) is 32.3 Å². The van der Waals surface area contributed by atoms with E-state index in [1.165, 1.54) is 12.1 Å². The molecule has 1 saturated heterocycles. The van der Waals surface area contributed by atoms with Crippen LogP contribution in [0.1, 0.15) is 41.9 Å². The molecule has 1 atom stereocenters. The fourth-order valence-electron chi connectivity index (χ4n) is 2.89. The Morgan fingerprint density at radius 1 is 1.33 bits per heavy atom. The molecule has 0 radical (unpaired) electrons. The van der Waals surface area contributed by atoms with E-state index in [0.717, 1.165) is 44.4 Å². The molecule has 1 aromatic carbocycles. The van der Waals surface area contributed by atoms with Crippen molar-refractivity contribution in [3.8, 4) is 5.75 Å². The largest absolute Gasteiger partial charge is 0.482 e. The highest BCUT2D eigenvalue weighted by atomic mass is 19.1. The van der Waals surface area contributed by atoms with E-state index in [0.29, 0.717) is 6.54 Å². The lowest BCUT2D eigenvalue weighted by molar-refractivity contribution is 0.00703. The van der Waals surface area contributed by atoms with Crippen LogP contribution in [0.25, 0.3) is 0 Å². The fourth-order valence-corrected chi connectivity index (χ4v) is 2.89. The number of nitrogens with zero attached hydrogens (tertiary/aromatic N) is 2. The zero-order valence-corrected chi connectivity index (χ0v) is 15.1. The molecule has 1 aliphatic rings. The summed E-state index contributed by atoms with van der Waals surface area (Å²) in [6, 6.07) is 4.47. The molecule has 2 heterocycles. The predicted octanol–water partition coefficient (Wildman–Crippen LogP) is 3.56. The van der Waals surface area contributed by atoms with Gasteiger partial charge >= 0.3 is 0 Å². The first kappa shape index (κ1) is 19.3. The molecule has 0 aliphatic carbocycles. The number of aromatic nitrogens is 1. The highest BCUT2D eigenvalue weighted by Gasteiger charge is 2.20. The molecule has 0 bridgehead atoms. The third-order valence-electron chi connectivity index (χ3n) is 4.45. The minimum atomic E-state index is -0.810. The quantitative estimate of drug-likeness (QED) is 0.735. The number of halogens is 2. The van der Waals surface area contributed by atoms with Crippen molar-refractivity contribution >= 4 is 5.91 Å². The van der Waals surface area contributed by atoms with Crippen LogP contribution >= 0.6 is 0 Å². The van der Waals surface area contributed by atoms with E-state index >= 15 is 0 Å². The SMILES string of the molecule is CN(CC[C@H]1CCCCO1)C(=O)c1cc(COc2ccc(F)cc2F)on1. The second-order valence-electron chi connectivity index (χ2n) is 6.55. The topological polar surface area (TPSA) is 64.8 Å². The van der Waals surface area contributed by atoms with Gasteiger partial charge in [-0.25, -0.2) is 8.78 Å².